The Labute approximate surface area is 201 Å². The van der Waals surface area contributed by atoms with Crippen LogP contribution in [-0.4, -0.2) is 165 Å². The molecule has 0 spiro atoms. The van der Waals surface area contributed by atoms with Crippen LogP contribution in [0.4, 0.5) is 4.79 Å². The van der Waals surface area contributed by atoms with Gasteiger partial charge >= 0.3 is 140 Å². The van der Waals surface area contributed by atoms with Gasteiger partial charge in [0.1, 0.15) is 0 Å². The van der Waals surface area contributed by atoms with E-state index in [0.717, 1.165) is 0 Å². The van der Waals surface area contributed by atoms with Crippen LogP contribution in [0.15, 0.2) is 0 Å². The first-order chi connectivity index (χ1) is 5.73. The fourth-order valence-electron chi connectivity index (χ4n) is 0. The standard InChI is InChI=1S/CH2O3.2CH4.3Ca.2H2O4S.6H/c2-1(3)4;;;;;;2*1-5(2,3)4;;;;;;/h(H2,2,3,4);2*1H4;;;;2*(H2,1,2,3,4);;;;;;. The van der Waals surface area contributed by atoms with E-state index in [-0.39, 0.29) is 128 Å². The number of hydrogen-bond donors (Lipinski definition) is 6. The molecule has 116 valence electrons. The average Bonchev–Trinajstić information content (AvgIpc) is 1.45. The molecule has 19 heavy (non-hydrogen) atoms. The molecule has 0 radical (unpaired) electrons. The second kappa shape index (κ2) is 25.7. The topological polar surface area (TPSA) is 207 Å². The third kappa shape index (κ3) is 943. The molecule has 0 rings (SSSR count). The maximum atomic E-state index is 8.74. The Morgan fingerprint density at radius 1 is 0.632 bits per heavy atom. The second-order valence-electron chi connectivity index (χ2n) is 1.18. The predicted molar refractivity (Wildman–Crippen MR) is 78.1 cm³/mol. The van der Waals surface area contributed by atoms with Gasteiger partial charge in [-0.1, -0.05) is 14.9 Å². The maximum absolute atomic E-state index is 8.74. The Morgan fingerprint density at radius 3 is 0.632 bits per heavy atom. The molecule has 0 aromatic carbocycles. The molecular weight excluding hydrogens is 396 g/mol. The van der Waals surface area contributed by atoms with Gasteiger partial charge in [-0.25, -0.2) is 4.79 Å². The second-order valence-corrected chi connectivity index (χ2v) is 2.97. The first-order valence-electron chi connectivity index (χ1n) is 2.05. The Hall–Kier alpha value is 2.79. The zero-order valence-electron chi connectivity index (χ0n) is 6.04. The summed E-state index contributed by atoms with van der Waals surface area (Å²) in [5, 5.41) is 13.9. The third-order valence-corrected chi connectivity index (χ3v) is 0. The average molecular weight is 417 g/mol. The van der Waals surface area contributed by atoms with Gasteiger partial charge in [0.05, 0.1) is 0 Å². The Bertz CT molecular complexity index is 297. The Balaban J connectivity index is -0.0000000141. The molecule has 0 atom stereocenters. The fourth-order valence-corrected chi connectivity index (χ4v) is 0. The molecule has 0 aliphatic carbocycles. The van der Waals surface area contributed by atoms with Gasteiger partial charge in [0.25, 0.3) is 0 Å². The van der Waals surface area contributed by atoms with Crippen molar-refractivity contribution < 1.29 is 50.1 Å². The van der Waals surface area contributed by atoms with Crippen molar-refractivity contribution in [2.24, 2.45) is 0 Å². The van der Waals surface area contributed by atoms with Crippen LogP contribution in [0.2, 0.25) is 0 Å². The summed E-state index contributed by atoms with van der Waals surface area (Å²) in [7, 11) is -9.33. The van der Waals surface area contributed by atoms with Gasteiger partial charge < -0.3 is 10.2 Å². The molecule has 6 N–H and O–H groups in total. The SMILES string of the molecule is C.C.O=C(O)O.O=S(=O)(O)O.O=S(=O)(O)O.[CaH2].[CaH2].[CaH2]. The van der Waals surface area contributed by atoms with Gasteiger partial charge in [-0.05, 0) is 0 Å². The zero-order chi connectivity index (χ0) is 12.6. The molecule has 0 amide bonds. The van der Waals surface area contributed by atoms with Crippen molar-refractivity contribution in [3.63, 3.8) is 0 Å². The van der Waals surface area contributed by atoms with Crippen LogP contribution in [0.3, 0.4) is 0 Å². The van der Waals surface area contributed by atoms with E-state index in [1.165, 1.54) is 0 Å². The van der Waals surface area contributed by atoms with Crippen molar-refractivity contribution in [3.05, 3.63) is 0 Å². The third-order valence-electron chi connectivity index (χ3n) is 0. The molecule has 0 fully saturated rings. The molecule has 0 aromatic rings. The summed E-state index contributed by atoms with van der Waals surface area (Å²) in [6, 6.07) is 0. The molecular formula is C3H20Ca3O11S2. The Kier molecular flexibility index (Phi) is 67.1. The summed E-state index contributed by atoms with van der Waals surface area (Å²) in [5.74, 6) is 0. The van der Waals surface area contributed by atoms with Gasteiger partial charge in [-0.15, -0.1) is 0 Å². The van der Waals surface area contributed by atoms with E-state index in [0.29, 0.717) is 0 Å². The first kappa shape index (κ1) is 49.5. The van der Waals surface area contributed by atoms with Crippen molar-refractivity contribution in [1.29, 1.82) is 0 Å². The normalized spacial score (nSPS) is 7.37. The Morgan fingerprint density at radius 2 is 0.632 bits per heavy atom. The van der Waals surface area contributed by atoms with Crippen LogP contribution in [0.25, 0.3) is 0 Å². The predicted octanol–water partition coefficient (Wildman–Crippen LogP) is -2.56. The van der Waals surface area contributed by atoms with Crippen LogP contribution in [0.1, 0.15) is 14.9 Å². The molecule has 0 aliphatic rings. The van der Waals surface area contributed by atoms with Gasteiger partial charge in [-0.2, -0.15) is 16.8 Å². The van der Waals surface area contributed by atoms with E-state index in [9.17, 15) is 0 Å². The van der Waals surface area contributed by atoms with Crippen LogP contribution < -0.4 is 0 Å². The van der Waals surface area contributed by atoms with Crippen molar-refractivity contribution in [2.45, 2.75) is 14.9 Å². The summed E-state index contributed by atoms with van der Waals surface area (Å²) in [6.45, 7) is 0. The number of hydrogen-bond acceptors (Lipinski definition) is 5. The van der Waals surface area contributed by atoms with E-state index >= 15 is 0 Å². The molecule has 0 bridgehead atoms. The first-order valence-corrected chi connectivity index (χ1v) is 4.84. The minimum atomic E-state index is -4.67. The van der Waals surface area contributed by atoms with E-state index < -0.39 is 27.0 Å². The summed E-state index contributed by atoms with van der Waals surface area (Å²) < 4.78 is 63.2. The van der Waals surface area contributed by atoms with Gasteiger partial charge in [0.15, 0.2) is 0 Å². The van der Waals surface area contributed by atoms with Gasteiger partial charge in [0, 0.05) is 0 Å². The van der Waals surface area contributed by atoms with Crippen molar-refractivity contribution in [2.75, 3.05) is 0 Å². The minimum absolute atomic E-state index is 0. The zero-order valence-corrected chi connectivity index (χ0v) is 7.67. The molecule has 0 saturated heterocycles. The van der Waals surface area contributed by atoms with E-state index in [1.807, 2.05) is 0 Å². The summed E-state index contributed by atoms with van der Waals surface area (Å²) in [5.41, 5.74) is 0. The molecule has 0 aliphatic heterocycles. The van der Waals surface area contributed by atoms with Crippen LogP contribution >= 0.6 is 0 Å². The van der Waals surface area contributed by atoms with Crippen molar-refractivity contribution in [3.8, 4) is 0 Å². The summed E-state index contributed by atoms with van der Waals surface area (Å²) in [4.78, 5) is 8.56. The van der Waals surface area contributed by atoms with Gasteiger partial charge in [0.2, 0.25) is 0 Å². The van der Waals surface area contributed by atoms with Crippen LogP contribution in [0, 0.1) is 0 Å². The molecule has 16 heteroatoms. The van der Waals surface area contributed by atoms with E-state index in [2.05, 4.69) is 0 Å². The van der Waals surface area contributed by atoms with E-state index in [1.54, 1.807) is 0 Å². The molecule has 0 saturated carbocycles. The number of rotatable bonds is 0. The van der Waals surface area contributed by atoms with Crippen LogP contribution in [0.5, 0.6) is 0 Å². The number of carboxylic acid groups (broad SMARTS) is 2. The van der Waals surface area contributed by atoms with E-state index in [4.69, 9.17) is 50.1 Å². The molecule has 0 aromatic heterocycles. The number of carbonyl (C=O) groups is 1. The van der Waals surface area contributed by atoms with Gasteiger partial charge in [-0.3, -0.25) is 18.2 Å². The van der Waals surface area contributed by atoms with Crippen molar-refractivity contribution >= 4 is 140 Å². The summed E-state index contributed by atoms with van der Waals surface area (Å²) >= 11 is 0. The van der Waals surface area contributed by atoms with Crippen LogP contribution in [-0.2, 0) is 20.8 Å². The molecule has 0 unspecified atom stereocenters. The molecule has 11 nitrogen and oxygen atoms in total. The molecule has 0 heterocycles. The summed E-state index contributed by atoms with van der Waals surface area (Å²) in [6.07, 6.45) is -1.83. The van der Waals surface area contributed by atoms with Crippen molar-refractivity contribution in [1.82, 2.24) is 0 Å². The quantitative estimate of drug-likeness (QED) is 0.179. The fraction of sp³-hybridized carbons (Fsp3) is 0.667. The monoisotopic (exact) mass is 416 g/mol.